The van der Waals surface area contributed by atoms with Gasteiger partial charge >= 0.3 is 0 Å². The van der Waals surface area contributed by atoms with Crippen LogP contribution in [0, 0.1) is 0 Å². The summed E-state index contributed by atoms with van der Waals surface area (Å²) in [6, 6.07) is 22.3. The molecule has 0 unspecified atom stereocenters. The van der Waals surface area contributed by atoms with Gasteiger partial charge in [0.25, 0.3) is 0 Å². The van der Waals surface area contributed by atoms with Crippen LogP contribution in [0.15, 0.2) is 77.7 Å². The lowest BCUT2D eigenvalue weighted by Gasteiger charge is -2.15. The van der Waals surface area contributed by atoms with Gasteiger partial charge in [0.15, 0.2) is 0 Å². The summed E-state index contributed by atoms with van der Waals surface area (Å²) in [5.41, 5.74) is 3.84. The second-order valence-corrected chi connectivity index (χ2v) is 6.88. The molecule has 0 aliphatic heterocycles. The van der Waals surface area contributed by atoms with Crippen molar-refractivity contribution in [2.45, 2.75) is 4.90 Å². The number of benzene rings is 3. The highest BCUT2D eigenvalue weighted by Crippen LogP contribution is 2.39. The number of methoxy groups -OCH3 is 1. The summed E-state index contributed by atoms with van der Waals surface area (Å²) in [5, 5.41) is 5.16. The maximum atomic E-state index is 11.4. The summed E-state index contributed by atoms with van der Waals surface area (Å²) in [6.07, 6.45) is 0. The smallest absolute Gasteiger partial charge is 0.238 e. The number of hydrogen-bond acceptors (Lipinski definition) is 3. The molecule has 0 fully saturated rings. The van der Waals surface area contributed by atoms with Gasteiger partial charge in [-0.2, -0.15) is 0 Å². The van der Waals surface area contributed by atoms with Crippen LogP contribution in [0.5, 0.6) is 5.75 Å². The third-order valence-corrected chi connectivity index (χ3v) is 4.73. The minimum Gasteiger partial charge on any atom is -0.496 e. The van der Waals surface area contributed by atoms with Crippen LogP contribution in [-0.2, 0) is 10.0 Å². The molecule has 0 aromatic heterocycles. The molecule has 0 aliphatic carbocycles. The molecule has 0 atom stereocenters. The van der Waals surface area contributed by atoms with Crippen molar-refractivity contribution < 1.29 is 13.2 Å². The quantitative estimate of drug-likeness (QED) is 0.788. The first-order valence-electron chi connectivity index (χ1n) is 7.36. The minimum absolute atomic E-state index is 0.0930. The molecule has 0 aliphatic rings. The van der Waals surface area contributed by atoms with Crippen molar-refractivity contribution in [1.29, 1.82) is 0 Å². The third-order valence-electron chi connectivity index (χ3n) is 3.80. The van der Waals surface area contributed by atoms with Gasteiger partial charge < -0.3 is 4.74 Å². The number of sulfonamides is 1. The molecule has 5 heteroatoms. The van der Waals surface area contributed by atoms with Gasteiger partial charge in [-0.05, 0) is 34.9 Å². The van der Waals surface area contributed by atoms with Crippen molar-refractivity contribution in [2.75, 3.05) is 7.11 Å². The second-order valence-electron chi connectivity index (χ2n) is 5.32. The molecule has 2 N–H and O–H groups in total. The molecular weight excluding hydrogens is 322 g/mol. The number of primary sulfonamides is 1. The minimum atomic E-state index is -3.70. The Morgan fingerprint density at radius 3 is 2.04 bits per heavy atom. The standard InChI is InChI=1S/C19H17NO3S/c1-23-18-9-5-8-17(19(18)15-6-3-2-4-7-15)14-10-12-16(13-11-14)24(20,21)22/h2-13H,1H3,(H2,20,21,22). The van der Waals surface area contributed by atoms with Crippen molar-refractivity contribution in [3.63, 3.8) is 0 Å². The second kappa shape index (κ2) is 6.47. The van der Waals surface area contributed by atoms with Gasteiger partial charge in [0.05, 0.1) is 12.0 Å². The van der Waals surface area contributed by atoms with Crippen LogP contribution < -0.4 is 9.88 Å². The SMILES string of the molecule is COc1cccc(-c2ccc(S(N)(=O)=O)cc2)c1-c1ccccc1. The maximum absolute atomic E-state index is 11.4. The van der Waals surface area contributed by atoms with Gasteiger partial charge in [-0.3, -0.25) is 0 Å². The molecule has 3 aromatic carbocycles. The van der Waals surface area contributed by atoms with E-state index in [0.29, 0.717) is 0 Å². The predicted octanol–water partition coefficient (Wildman–Crippen LogP) is 3.68. The normalized spacial score (nSPS) is 11.2. The fraction of sp³-hybridized carbons (Fsp3) is 0.0526. The lowest BCUT2D eigenvalue weighted by Crippen LogP contribution is -2.11. The highest BCUT2D eigenvalue weighted by molar-refractivity contribution is 7.89. The first-order chi connectivity index (χ1) is 11.5. The molecule has 0 bridgehead atoms. The maximum Gasteiger partial charge on any atom is 0.238 e. The van der Waals surface area contributed by atoms with Gasteiger partial charge in [0, 0.05) is 5.56 Å². The fourth-order valence-electron chi connectivity index (χ4n) is 2.67. The van der Waals surface area contributed by atoms with E-state index in [1.807, 2.05) is 48.5 Å². The lowest BCUT2D eigenvalue weighted by molar-refractivity contribution is 0.416. The summed E-state index contributed by atoms with van der Waals surface area (Å²) < 4.78 is 28.4. The zero-order valence-electron chi connectivity index (χ0n) is 13.1. The number of ether oxygens (including phenoxy) is 1. The van der Waals surface area contributed by atoms with E-state index in [4.69, 9.17) is 9.88 Å². The van der Waals surface area contributed by atoms with Gasteiger partial charge in [-0.15, -0.1) is 0 Å². The Kier molecular flexibility index (Phi) is 4.38. The molecule has 4 nitrogen and oxygen atoms in total. The zero-order chi connectivity index (χ0) is 17.2. The summed E-state index contributed by atoms with van der Waals surface area (Å²) in [5.74, 6) is 0.759. The van der Waals surface area contributed by atoms with Crippen molar-refractivity contribution >= 4 is 10.0 Å². The Morgan fingerprint density at radius 1 is 0.792 bits per heavy atom. The van der Waals surface area contributed by atoms with Crippen molar-refractivity contribution in [3.8, 4) is 28.0 Å². The molecule has 0 radical (unpaired) electrons. The predicted molar refractivity (Wildman–Crippen MR) is 95.2 cm³/mol. The van der Waals surface area contributed by atoms with Crippen LogP contribution in [0.4, 0.5) is 0 Å². The molecule has 0 spiro atoms. The molecule has 24 heavy (non-hydrogen) atoms. The van der Waals surface area contributed by atoms with Crippen LogP contribution in [0.1, 0.15) is 0 Å². The molecule has 0 saturated carbocycles. The zero-order valence-corrected chi connectivity index (χ0v) is 14.0. The summed E-state index contributed by atoms with van der Waals surface area (Å²) in [7, 11) is -2.07. The van der Waals surface area contributed by atoms with Crippen molar-refractivity contribution in [1.82, 2.24) is 0 Å². The largest absolute Gasteiger partial charge is 0.496 e. The Bertz CT molecular complexity index is 950. The Hall–Kier alpha value is -2.63. The average molecular weight is 339 g/mol. The van der Waals surface area contributed by atoms with Crippen LogP contribution in [0.3, 0.4) is 0 Å². The van der Waals surface area contributed by atoms with Crippen molar-refractivity contribution in [2.24, 2.45) is 5.14 Å². The van der Waals surface area contributed by atoms with Gasteiger partial charge in [0.2, 0.25) is 10.0 Å². The van der Waals surface area contributed by atoms with Crippen molar-refractivity contribution in [3.05, 3.63) is 72.8 Å². The number of hydrogen-bond donors (Lipinski definition) is 1. The fourth-order valence-corrected chi connectivity index (χ4v) is 3.18. The molecule has 122 valence electrons. The highest BCUT2D eigenvalue weighted by atomic mass is 32.2. The molecule has 0 heterocycles. The Labute approximate surface area is 141 Å². The number of rotatable bonds is 4. The van der Waals surface area contributed by atoms with Gasteiger partial charge in [-0.1, -0.05) is 54.6 Å². The Balaban J connectivity index is 2.18. The summed E-state index contributed by atoms with van der Waals surface area (Å²) in [4.78, 5) is 0.0930. The molecule has 3 rings (SSSR count). The van der Waals surface area contributed by atoms with E-state index in [2.05, 4.69) is 0 Å². The first kappa shape index (κ1) is 16.2. The van der Waals surface area contributed by atoms with Gasteiger partial charge in [-0.25, -0.2) is 13.6 Å². The number of nitrogens with two attached hydrogens (primary N) is 1. The highest BCUT2D eigenvalue weighted by Gasteiger charge is 2.14. The van der Waals surface area contributed by atoms with Crippen LogP contribution in [0.25, 0.3) is 22.3 Å². The van der Waals surface area contributed by atoms with E-state index in [1.54, 1.807) is 19.2 Å². The molecule has 0 amide bonds. The third kappa shape index (κ3) is 3.18. The van der Waals surface area contributed by atoms with Gasteiger partial charge in [0.1, 0.15) is 5.75 Å². The Morgan fingerprint density at radius 2 is 1.46 bits per heavy atom. The molecule has 0 saturated heterocycles. The van der Waals surface area contributed by atoms with E-state index in [9.17, 15) is 8.42 Å². The summed E-state index contributed by atoms with van der Waals surface area (Å²) >= 11 is 0. The molecular formula is C19H17NO3S. The van der Waals surface area contributed by atoms with E-state index in [-0.39, 0.29) is 4.90 Å². The first-order valence-corrected chi connectivity index (χ1v) is 8.91. The van der Waals surface area contributed by atoms with E-state index < -0.39 is 10.0 Å². The summed E-state index contributed by atoms with van der Waals surface area (Å²) in [6.45, 7) is 0. The monoisotopic (exact) mass is 339 g/mol. The van der Waals surface area contributed by atoms with Crippen LogP contribution >= 0.6 is 0 Å². The lowest BCUT2D eigenvalue weighted by atomic mass is 9.94. The van der Waals surface area contributed by atoms with E-state index in [0.717, 1.165) is 28.0 Å². The topological polar surface area (TPSA) is 69.4 Å². The van der Waals surface area contributed by atoms with Crippen LogP contribution in [-0.4, -0.2) is 15.5 Å². The van der Waals surface area contributed by atoms with Crippen LogP contribution in [0.2, 0.25) is 0 Å². The van der Waals surface area contributed by atoms with E-state index >= 15 is 0 Å². The molecule has 3 aromatic rings. The average Bonchev–Trinajstić information content (AvgIpc) is 2.61. The van der Waals surface area contributed by atoms with E-state index in [1.165, 1.54) is 12.1 Å².